The molecule has 0 spiro atoms. The van der Waals surface area contributed by atoms with E-state index in [1.165, 1.54) is 0 Å². The summed E-state index contributed by atoms with van der Waals surface area (Å²) in [5.74, 6) is -1.07. The van der Waals surface area contributed by atoms with Crippen molar-refractivity contribution in [3.05, 3.63) is 27.1 Å². The fourth-order valence-electron chi connectivity index (χ4n) is 2.20. The number of carbonyl (C=O) groups is 1. The highest BCUT2D eigenvalue weighted by Gasteiger charge is 2.25. The Morgan fingerprint density at radius 3 is 3.06 bits per heavy atom. The van der Waals surface area contributed by atoms with Gasteiger partial charge in [0.15, 0.2) is 0 Å². The van der Waals surface area contributed by atoms with Gasteiger partial charge in [0.1, 0.15) is 0 Å². The monoisotopic (exact) mass is 270 g/mol. The first kappa shape index (κ1) is 13.0. The van der Waals surface area contributed by atoms with Crippen LogP contribution >= 0.6 is 11.3 Å². The number of likely N-dealkylation sites (tertiary alicyclic amines) is 1. The molecule has 18 heavy (non-hydrogen) atoms. The third-order valence-corrected chi connectivity index (χ3v) is 4.01. The van der Waals surface area contributed by atoms with Gasteiger partial charge in [-0.2, -0.15) is 0 Å². The van der Waals surface area contributed by atoms with Gasteiger partial charge in [0.2, 0.25) is 0 Å². The molecule has 0 bridgehead atoms. The molecule has 0 aromatic carbocycles. The van der Waals surface area contributed by atoms with E-state index in [2.05, 4.69) is 0 Å². The van der Waals surface area contributed by atoms with Gasteiger partial charge in [-0.05, 0) is 24.9 Å². The maximum atomic E-state index is 10.9. The van der Waals surface area contributed by atoms with Gasteiger partial charge in [0.25, 0.3) is 0 Å². The van der Waals surface area contributed by atoms with E-state index < -0.39 is 10.9 Å². The van der Waals surface area contributed by atoms with Crippen molar-refractivity contribution < 1.29 is 14.8 Å². The van der Waals surface area contributed by atoms with Gasteiger partial charge in [-0.1, -0.05) is 11.3 Å². The lowest BCUT2D eigenvalue weighted by Gasteiger charge is -2.30. The first-order valence-corrected chi connectivity index (χ1v) is 6.61. The average molecular weight is 270 g/mol. The highest BCUT2D eigenvalue weighted by Crippen LogP contribution is 2.25. The number of aliphatic carboxylic acids is 1. The molecule has 0 saturated carbocycles. The van der Waals surface area contributed by atoms with Crippen molar-refractivity contribution in [2.75, 3.05) is 13.1 Å². The number of rotatable bonds is 4. The van der Waals surface area contributed by atoms with E-state index in [1.807, 2.05) is 4.90 Å². The average Bonchev–Trinajstić information content (AvgIpc) is 2.78. The molecule has 1 saturated heterocycles. The molecule has 98 valence electrons. The molecular formula is C11H14N2O4S. The van der Waals surface area contributed by atoms with E-state index in [-0.39, 0.29) is 10.9 Å². The summed E-state index contributed by atoms with van der Waals surface area (Å²) in [5, 5.41) is 21.5. The Labute approximate surface area is 108 Å². The smallest absolute Gasteiger partial charge is 0.324 e. The van der Waals surface area contributed by atoms with E-state index in [0.717, 1.165) is 36.3 Å². The Bertz CT molecular complexity index is 460. The summed E-state index contributed by atoms with van der Waals surface area (Å²) in [5.41, 5.74) is 0.887. The molecule has 1 aromatic rings. The Kier molecular flexibility index (Phi) is 3.93. The lowest BCUT2D eigenvalue weighted by atomic mass is 9.98. The molecule has 1 aromatic heterocycles. The van der Waals surface area contributed by atoms with Gasteiger partial charge in [-0.3, -0.25) is 19.8 Å². The first-order valence-electron chi connectivity index (χ1n) is 5.73. The number of nitro groups is 1. The van der Waals surface area contributed by atoms with Gasteiger partial charge in [-0.25, -0.2) is 0 Å². The van der Waals surface area contributed by atoms with Crippen LogP contribution in [0.15, 0.2) is 11.4 Å². The minimum Gasteiger partial charge on any atom is -0.481 e. The van der Waals surface area contributed by atoms with Crippen LogP contribution in [0.3, 0.4) is 0 Å². The third-order valence-electron chi connectivity index (χ3n) is 3.08. The van der Waals surface area contributed by atoms with Crippen LogP contribution in [0.25, 0.3) is 0 Å². The Morgan fingerprint density at radius 2 is 2.44 bits per heavy atom. The standard InChI is InChI=1S/C11H14N2O4S/c14-11(15)9-2-1-3-12(6-9)5-8-4-10(13(16)17)18-7-8/h4,7,9H,1-3,5-6H2,(H,14,15). The van der Waals surface area contributed by atoms with Gasteiger partial charge in [0.05, 0.1) is 10.8 Å². The molecule has 1 N–H and O–H groups in total. The summed E-state index contributed by atoms with van der Waals surface area (Å²) >= 11 is 1.11. The van der Waals surface area contributed by atoms with Crippen molar-refractivity contribution in [3.8, 4) is 0 Å². The summed E-state index contributed by atoms with van der Waals surface area (Å²) < 4.78 is 0. The van der Waals surface area contributed by atoms with E-state index >= 15 is 0 Å². The molecule has 1 aliphatic rings. The number of hydrogen-bond acceptors (Lipinski definition) is 5. The van der Waals surface area contributed by atoms with Crippen LogP contribution in [0.4, 0.5) is 5.00 Å². The molecule has 6 nitrogen and oxygen atoms in total. The Hall–Kier alpha value is -1.47. The number of nitrogens with zero attached hydrogens (tertiary/aromatic N) is 2. The predicted octanol–water partition coefficient (Wildman–Crippen LogP) is 1.95. The van der Waals surface area contributed by atoms with Crippen LogP contribution in [0.5, 0.6) is 0 Å². The number of carboxylic acids is 1. The van der Waals surface area contributed by atoms with E-state index in [0.29, 0.717) is 13.1 Å². The van der Waals surface area contributed by atoms with Gasteiger partial charge in [-0.15, -0.1) is 0 Å². The quantitative estimate of drug-likeness (QED) is 0.667. The fraction of sp³-hybridized carbons (Fsp3) is 0.545. The lowest BCUT2D eigenvalue weighted by molar-refractivity contribution is -0.380. The van der Waals surface area contributed by atoms with Crippen LogP contribution in [-0.4, -0.2) is 34.0 Å². The van der Waals surface area contributed by atoms with Crippen LogP contribution in [0, 0.1) is 16.0 Å². The van der Waals surface area contributed by atoms with Gasteiger partial charge in [0, 0.05) is 24.5 Å². The summed E-state index contributed by atoms with van der Waals surface area (Å²) in [6.07, 6.45) is 1.58. The zero-order valence-electron chi connectivity index (χ0n) is 9.74. The van der Waals surface area contributed by atoms with E-state index in [1.54, 1.807) is 11.4 Å². The molecular weight excluding hydrogens is 256 g/mol. The van der Waals surface area contributed by atoms with Crippen molar-refractivity contribution in [2.24, 2.45) is 5.92 Å². The number of hydrogen-bond donors (Lipinski definition) is 1. The zero-order valence-corrected chi connectivity index (χ0v) is 10.6. The molecule has 2 rings (SSSR count). The molecule has 1 aliphatic heterocycles. The van der Waals surface area contributed by atoms with E-state index in [4.69, 9.17) is 5.11 Å². The topological polar surface area (TPSA) is 83.7 Å². The van der Waals surface area contributed by atoms with Crippen molar-refractivity contribution in [3.63, 3.8) is 0 Å². The van der Waals surface area contributed by atoms with Crippen LogP contribution in [0.1, 0.15) is 18.4 Å². The maximum Gasteiger partial charge on any atom is 0.324 e. The third kappa shape index (κ3) is 3.05. The highest BCUT2D eigenvalue weighted by molar-refractivity contribution is 7.13. The molecule has 1 unspecified atom stereocenters. The number of thiophene rings is 1. The van der Waals surface area contributed by atoms with Crippen molar-refractivity contribution in [1.29, 1.82) is 0 Å². The molecule has 0 amide bonds. The summed E-state index contributed by atoms with van der Waals surface area (Å²) in [6.45, 7) is 1.97. The van der Waals surface area contributed by atoms with Crippen LogP contribution < -0.4 is 0 Å². The molecule has 0 radical (unpaired) electrons. The molecule has 1 atom stereocenters. The molecule has 1 fully saturated rings. The zero-order chi connectivity index (χ0) is 13.1. The summed E-state index contributed by atoms with van der Waals surface area (Å²) in [7, 11) is 0. The first-order chi connectivity index (χ1) is 8.56. The minimum absolute atomic E-state index is 0.136. The second-order valence-corrected chi connectivity index (χ2v) is 5.35. The summed E-state index contributed by atoms with van der Waals surface area (Å²) in [6, 6.07) is 1.56. The van der Waals surface area contributed by atoms with Crippen LogP contribution in [0.2, 0.25) is 0 Å². The van der Waals surface area contributed by atoms with Crippen molar-refractivity contribution in [2.45, 2.75) is 19.4 Å². The van der Waals surface area contributed by atoms with E-state index in [9.17, 15) is 14.9 Å². The molecule has 2 heterocycles. The van der Waals surface area contributed by atoms with Gasteiger partial charge >= 0.3 is 11.0 Å². The van der Waals surface area contributed by atoms with Gasteiger partial charge < -0.3 is 5.11 Å². The minimum atomic E-state index is -0.754. The normalized spacial score (nSPS) is 20.8. The molecule has 7 heteroatoms. The van der Waals surface area contributed by atoms with Crippen LogP contribution in [-0.2, 0) is 11.3 Å². The Balaban J connectivity index is 1.96. The van der Waals surface area contributed by atoms with Crippen molar-refractivity contribution in [1.82, 2.24) is 4.90 Å². The fourth-order valence-corrected chi connectivity index (χ4v) is 2.92. The molecule has 0 aliphatic carbocycles. The Morgan fingerprint density at radius 1 is 1.67 bits per heavy atom. The SMILES string of the molecule is O=C(O)C1CCCN(Cc2csc([N+](=O)[O-])c2)C1. The lowest BCUT2D eigenvalue weighted by Crippen LogP contribution is -2.38. The second kappa shape index (κ2) is 5.45. The number of carboxylic acid groups (broad SMARTS) is 1. The number of piperidine rings is 1. The maximum absolute atomic E-state index is 10.9. The van der Waals surface area contributed by atoms with Crippen molar-refractivity contribution >= 4 is 22.3 Å². The highest BCUT2D eigenvalue weighted by atomic mass is 32.1. The largest absolute Gasteiger partial charge is 0.481 e. The summed E-state index contributed by atoms with van der Waals surface area (Å²) in [4.78, 5) is 23.2. The second-order valence-electron chi connectivity index (χ2n) is 4.46. The predicted molar refractivity (Wildman–Crippen MR) is 66.6 cm³/mol.